The number of hydrogen-bond acceptors (Lipinski definition) is 4. The summed E-state index contributed by atoms with van der Waals surface area (Å²) in [6.07, 6.45) is 6.36. The van der Waals surface area contributed by atoms with Gasteiger partial charge in [-0.1, -0.05) is 6.92 Å². The summed E-state index contributed by atoms with van der Waals surface area (Å²) in [6.45, 7) is 2.18. The molecule has 0 fully saturated rings. The predicted molar refractivity (Wildman–Crippen MR) is 55.9 cm³/mol. The third-order valence-corrected chi connectivity index (χ3v) is 2.95. The summed E-state index contributed by atoms with van der Waals surface area (Å²) in [5.74, 6) is 1.05. The molecular weight excluding hydrogens is 182 g/mol. The molecule has 13 heavy (non-hydrogen) atoms. The van der Waals surface area contributed by atoms with Crippen LogP contribution in [-0.2, 0) is 0 Å². The van der Waals surface area contributed by atoms with E-state index in [0.29, 0.717) is 6.04 Å². The first-order valence-corrected chi connectivity index (χ1v) is 5.41. The van der Waals surface area contributed by atoms with Gasteiger partial charge in [-0.3, -0.25) is 4.98 Å². The summed E-state index contributed by atoms with van der Waals surface area (Å²) in [7, 11) is 1.99. The molecule has 1 rings (SSSR count). The topological polar surface area (TPSA) is 37.8 Å². The maximum absolute atomic E-state index is 4.19. The highest BCUT2D eigenvalue weighted by molar-refractivity contribution is 7.99. The Morgan fingerprint density at radius 2 is 2.38 bits per heavy atom. The average molecular weight is 197 g/mol. The van der Waals surface area contributed by atoms with Crippen LogP contribution in [0.3, 0.4) is 0 Å². The Labute approximate surface area is 83.4 Å². The SMILES string of the molecule is CCC(CSc1cnccn1)NC. The summed E-state index contributed by atoms with van der Waals surface area (Å²) >= 11 is 1.74. The maximum atomic E-state index is 4.19. The number of nitrogens with zero attached hydrogens (tertiary/aromatic N) is 2. The van der Waals surface area contributed by atoms with Crippen LogP contribution in [0.2, 0.25) is 0 Å². The van der Waals surface area contributed by atoms with Crippen molar-refractivity contribution in [1.29, 1.82) is 0 Å². The Morgan fingerprint density at radius 1 is 1.54 bits per heavy atom. The Kier molecular flexibility index (Phi) is 4.78. The number of hydrogen-bond donors (Lipinski definition) is 1. The molecule has 0 aliphatic rings. The van der Waals surface area contributed by atoms with Crippen molar-refractivity contribution in [1.82, 2.24) is 15.3 Å². The zero-order chi connectivity index (χ0) is 9.52. The number of thioether (sulfide) groups is 1. The normalized spacial score (nSPS) is 12.8. The first kappa shape index (κ1) is 10.5. The zero-order valence-electron chi connectivity index (χ0n) is 8.03. The van der Waals surface area contributed by atoms with Gasteiger partial charge in [0.25, 0.3) is 0 Å². The molecule has 0 radical (unpaired) electrons. The van der Waals surface area contributed by atoms with Crippen molar-refractivity contribution < 1.29 is 0 Å². The fraction of sp³-hybridized carbons (Fsp3) is 0.556. The second-order valence-corrected chi connectivity index (χ2v) is 3.79. The highest BCUT2D eigenvalue weighted by Gasteiger charge is 2.03. The van der Waals surface area contributed by atoms with Gasteiger partial charge < -0.3 is 5.32 Å². The molecule has 1 unspecified atom stereocenters. The zero-order valence-corrected chi connectivity index (χ0v) is 8.84. The van der Waals surface area contributed by atoms with Gasteiger partial charge in [-0.2, -0.15) is 0 Å². The summed E-state index contributed by atoms with van der Waals surface area (Å²) in [5.41, 5.74) is 0. The molecule has 72 valence electrons. The van der Waals surface area contributed by atoms with Crippen molar-refractivity contribution in [2.24, 2.45) is 0 Å². The second kappa shape index (κ2) is 5.94. The van der Waals surface area contributed by atoms with Crippen LogP contribution in [0.5, 0.6) is 0 Å². The van der Waals surface area contributed by atoms with Crippen LogP contribution in [-0.4, -0.2) is 28.8 Å². The van der Waals surface area contributed by atoms with E-state index in [-0.39, 0.29) is 0 Å². The van der Waals surface area contributed by atoms with Crippen LogP contribution >= 0.6 is 11.8 Å². The van der Waals surface area contributed by atoms with E-state index in [9.17, 15) is 0 Å². The quantitative estimate of drug-likeness (QED) is 0.727. The van der Waals surface area contributed by atoms with Crippen LogP contribution in [0.25, 0.3) is 0 Å². The van der Waals surface area contributed by atoms with Gasteiger partial charge in [0.15, 0.2) is 0 Å². The van der Waals surface area contributed by atoms with Crippen LogP contribution < -0.4 is 5.32 Å². The van der Waals surface area contributed by atoms with E-state index in [1.165, 1.54) is 0 Å². The van der Waals surface area contributed by atoms with Crippen LogP contribution in [0.1, 0.15) is 13.3 Å². The Bertz CT molecular complexity index is 224. The van der Waals surface area contributed by atoms with Crippen LogP contribution in [0.4, 0.5) is 0 Å². The molecular formula is C9H15N3S. The first-order chi connectivity index (χ1) is 6.36. The lowest BCUT2D eigenvalue weighted by Crippen LogP contribution is -2.26. The van der Waals surface area contributed by atoms with Gasteiger partial charge in [-0.05, 0) is 13.5 Å². The molecule has 1 heterocycles. The van der Waals surface area contributed by atoms with E-state index in [2.05, 4.69) is 22.2 Å². The Hall–Kier alpha value is -0.610. The van der Waals surface area contributed by atoms with Gasteiger partial charge in [0.05, 0.1) is 6.20 Å². The van der Waals surface area contributed by atoms with Gasteiger partial charge in [0.1, 0.15) is 5.03 Å². The molecule has 0 saturated carbocycles. The van der Waals surface area contributed by atoms with Crippen molar-refractivity contribution >= 4 is 11.8 Å². The van der Waals surface area contributed by atoms with Crippen molar-refractivity contribution in [3.63, 3.8) is 0 Å². The van der Waals surface area contributed by atoms with E-state index in [1.54, 1.807) is 30.4 Å². The molecule has 3 nitrogen and oxygen atoms in total. The van der Waals surface area contributed by atoms with Crippen LogP contribution in [0, 0.1) is 0 Å². The standard InChI is InChI=1S/C9H15N3S/c1-3-8(10-2)7-13-9-6-11-4-5-12-9/h4-6,8,10H,3,7H2,1-2H3. The maximum Gasteiger partial charge on any atom is 0.114 e. The second-order valence-electron chi connectivity index (χ2n) is 2.75. The molecule has 0 aliphatic heterocycles. The third kappa shape index (κ3) is 3.74. The highest BCUT2D eigenvalue weighted by Crippen LogP contribution is 2.14. The number of aromatic nitrogens is 2. The summed E-state index contributed by atoms with van der Waals surface area (Å²) in [6, 6.07) is 0.562. The van der Waals surface area contributed by atoms with E-state index >= 15 is 0 Å². The lowest BCUT2D eigenvalue weighted by molar-refractivity contribution is 0.601. The largest absolute Gasteiger partial charge is 0.316 e. The van der Waals surface area contributed by atoms with E-state index in [1.807, 2.05) is 7.05 Å². The lowest BCUT2D eigenvalue weighted by Gasteiger charge is -2.11. The summed E-state index contributed by atoms with van der Waals surface area (Å²) < 4.78 is 0. The van der Waals surface area contributed by atoms with Gasteiger partial charge in [-0.25, -0.2) is 4.98 Å². The van der Waals surface area contributed by atoms with E-state index < -0.39 is 0 Å². The molecule has 0 spiro atoms. The van der Waals surface area contributed by atoms with Gasteiger partial charge in [0.2, 0.25) is 0 Å². The minimum Gasteiger partial charge on any atom is -0.316 e. The molecule has 4 heteroatoms. The first-order valence-electron chi connectivity index (χ1n) is 4.43. The molecule has 1 N–H and O–H groups in total. The third-order valence-electron chi connectivity index (χ3n) is 1.87. The Balaban J connectivity index is 2.34. The highest BCUT2D eigenvalue weighted by atomic mass is 32.2. The fourth-order valence-electron chi connectivity index (χ4n) is 0.951. The van der Waals surface area contributed by atoms with Gasteiger partial charge in [-0.15, -0.1) is 11.8 Å². The van der Waals surface area contributed by atoms with Gasteiger partial charge >= 0.3 is 0 Å². The molecule has 1 aromatic rings. The van der Waals surface area contributed by atoms with E-state index in [0.717, 1.165) is 17.2 Å². The minimum atomic E-state index is 0.562. The minimum absolute atomic E-state index is 0.562. The average Bonchev–Trinajstić information content (AvgIpc) is 2.21. The monoisotopic (exact) mass is 197 g/mol. The van der Waals surface area contributed by atoms with E-state index in [4.69, 9.17) is 0 Å². The lowest BCUT2D eigenvalue weighted by atomic mass is 10.3. The molecule has 0 aliphatic carbocycles. The molecule has 0 amide bonds. The van der Waals surface area contributed by atoms with Crippen molar-refractivity contribution in [2.45, 2.75) is 24.4 Å². The summed E-state index contributed by atoms with van der Waals surface area (Å²) in [4.78, 5) is 8.20. The van der Waals surface area contributed by atoms with Gasteiger partial charge in [0, 0.05) is 24.2 Å². The molecule has 1 aromatic heterocycles. The molecule has 0 aromatic carbocycles. The van der Waals surface area contributed by atoms with Crippen molar-refractivity contribution in [2.75, 3.05) is 12.8 Å². The number of rotatable bonds is 5. The van der Waals surface area contributed by atoms with Crippen molar-refractivity contribution in [3.05, 3.63) is 18.6 Å². The number of nitrogens with one attached hydrogen (secondary N) is 1. The van der Waals surface area contributed by atoms with Crippen molar-refractivity contribution in [3.8, 4) is 0 Å². The fourth-order valence-corrected chi connectivity index (χ4v) is 2.00. The molecule has 0 saturated heterocycles. The smallest absolute Gasteiger partial charge is 0.114 e. The van der Waals surface area contributed by atoms with Crippen LogP contribution in [0.15, 0.2) is 23.6 Å². The predicted octanol–water partition coefficient (Wildman–Crippen LogP) is 1.57. The molecule has 0 bridgehead atoms. The summed E-state index contributed by atoms with van der Waals surface area (Å²) in [5, 5.41) is 4.25. The Morgan fingerprint density at radius 3 is 2.92 bits per heavy atom. The molecule has 1 atom stereocenters.